The summed E-state index contributed by atoms with van der Waals surface area (Å²) in [6.07, 6.45) is 2.73. The highest BCUT2D eigenvalue weighted by molar-refractivity contribution is 9.10. The van der Waals surface area contributed by atoms with Gasteiger partial charge in [0.15, 0.2) is 11.0 Å². The molecule has 5 nitrogen and oxygen atoms in total. The second-order valence-corrected chi connectivity index (χ2v) is 6.21. The summed E-state index contributed by atoms with van der Waals surface area (Å²) in [4.78, 5) is 7.67. The van der Waals surface area contributed by atoms with Crippen molar-refractivity contribution in [3.63, 3.8) is 0 Å². The van der Waals surface area contributed by atoms with Crippen LogP contribution in [-0.2, 0) is 10.0 Å². The van der Waals surface area contributed by atoms with Crippen LogP contribution in [0.5, 0.6) is 0 Å². The van der Waals surface area contributed by atoms with Crippen molar-refractivity contribution in [1.82, 2.24) is 9.97 Å². The van der Waals surface area contributed by atoms with Gasteiger partial charge in [0.2, 0.25) is 0 Å². The van der Waals surface area contributed by atoms with Crippen molar-refractivity contribution in [2.45, 2.75) is 4.90 Å². The van der Waals surface area contributed by atoms with E-state index >= 15 is 0 Å². The van der Waals surface area contributed by atoms with Gasteiger partial charge in [-0.15, -0.1) is 0 Å². The zero-order valence-electron chi connectivity index (χ0n) is 8.84. The highest BCUT2D eigenvalue weighted by Gasteiger charge is 2.16. The summed E-state index contributed by atoms with van der Waals surface area (Å²) in [6.45, 7) is 0. The van der Waals surface area contributed by atoms with Crippen molar-refractivity contribution in [3.05, 3.63) is 46.3 Å². The van der Waals surface area contributed by atoms with E-state index in [9.17, 15) is 8.42 Å². The molecule has 0 fully saturated rings. The molecule has 1 N–H and O–H groups in total. The van der Waals surface area contributed by atoms with Crippen LogP contribution in [0.1, 0.15) is 0 Å². The third-order valence-electron chi connectivity index (χ3n) is 1.99. The lowest BCUT2D eigenvalue weighted by atomic mass is 10.4. The van der Waals surface area contributed by atoms with E-state index < -0.39 is 10.0 Å². The van der Waals surface area contributed by atoms with E-state index in [1.807, 2.05) is 0 Å². The largest absolute Gasteiger partial charge is 0.263 e. The fourth-order valence-corrected chi connectivity index (χ4v) is 3.03. The van der Waals surface area contributed by atoms with Crippen LogP contribution in [-0.4, -0.2) is 18.4 Å². The molecule has 0 radical (unpaired) electrons. The predicted octanol–water partition coefficient (Wildman–Crippen LogP) is 2.69. The van der Waals surface area contributed by atoms with Gasteiger partial charge in [0.1, 0.15) is 0 Å². The van der Waals surface area contributed by atoms with Crippen molar-refractivity contribution in [2.24, 2.45) is 0 Å². The zero-order chi connectivity index (χ0) is 13.2. The van der Waals surface area contributed by atoms with Gasteiger partial charge in [-0.3, -0.25) is 4.72 Å². The Hall–Kier alpha value is -1.18. The van der Waals surface area contributed by atoms with Gasteiger partial charge in [-0.1, -0.05) is 33.6 Å². The van der Waals surface area contributed by atoms with E-state index in [1.165, 1.54) is 24.5 Å². The van der Waals surface area contributed by atoms with E-state index in [0.29, 0.717) is 4.47 Å². The van der Waals surface area contributed by atoms with E-state index in [0.717, 1.165) is 0 Å². The molecule has 18 heavy (non-hydrogen) atoms. The molecule has 0 amide bonds. The molecule has 0 atom stereocenters. The highest BCUT2D eigenvalue weighted by Crippen LogP contribution is 2.21. The summed E-state index contributed by atoms with van der Waals surface area (Å²) in [5, 5.41) is -0.00364. The van der Waals surface area contributed by atoms with Crippen LogP contribution in [0.3, 0.4) is 0 Å². The number of halogens is 2. The molecule has 0 saturated carbocycles. The molecule has 8 heteroatoms. The Morgan fingerprint density at radius 1 is 1.22 bits per heavy atom. The molecule has 0 bridgehead atoms. The fourth-order valence-electron chi connectivity index (χ4n) is 1.21. The minimum atomic E-state index is -3.73. The number of hydrogen-bond acceptors (Lipinski definition) is 4. The standard InChI is InChI=1S/C10H7BrClN3O2S/c11-7-2-1-3-8(6-7)18(16,17)15-10-9(12)13-4-5-14-10/h1-6H,(H,14,15). The van der Waals surface area contributed by atoms with Crippen LogP contribution in [0.25, 0.3) is 0 Å². The van der Waals surface area contributed by atoms with E-state index in [-0.39, 0.29) is 15.9 Å². The smallest absolute Gasteiger partial charge is 0.261 e. The van der Waals surface area contributed by atoms with Crippen LogP contribution in [0.2, 0.25) is 5.15 Å². The summed E-state index contributed by atoms with van der Waals surface area (Å²) in [5.74, 6) is -0.000794. The summed E-state index contributed by atoms with van der Waals surface area (Å²) in [7, 11) is -3.73. The van der Waals surface area contributed by atoms with Gasteiger partial charge in [0.25, 0.3) is 10.0 Å². The molecule has 0 aliphatic rings. The molecule has 2 aromatic rings. The number of rotatable bonds is 3. The Balaban J connectivity index is 2.37. The molecule has 0 saturated heterocycles. The third kappa shape index (κ3) is 2.98. The van der Waals surface area contributed by atoms with Crippen molar-refractivity contribution in [2.75, 3.05) is 4.72 Å². The molecule has 1 heterocycles. The molecule has 0 spiro atoms. The molecule has 0 unspecified atom stereocenters. The van der Waals surface area contributed by atoms with E-state index in [1.54, 1.807) is 12.1 Å². The monoisotopic (exact) mass is 347 g/mol. The van der Waals surface area contributed by atoms with Gasteiger partial charge in [-0.25, -0.2) is 18.4 Å². The van der Waals surface area contributed by atoms with Crippen LogP contribution < -0.4 is 4.72 Å². The molecule has 94 valence electrons. The van der Waals surface area contributed by atoms with Crippen molar-refractivity contribution in [1.29, 1.82) is 0 Å². The normalized spacial score (nSPS) is 11.2. The zero-order valence-corrected chi connectivity index (χ0v) is 12.0. The molecule has 0 aliphatic heterocycles. The topological polar surface area (TPSA) is 72.0 Å². The van der Waals surface area contributed by atoms with Crippen molar-refractivity contribution in [3.8, 4) is 0 Å². The van der Waals surface area contributed by atoms with E-state index in [4.69, 9.17) is 11.6 Å². The quantitative estimate of drug-likeness (QED) is 0.925. The molecule has 1 aromatic heterocycles. The minimum absolute atomic E-state index is 0.000794. The van der Waals surface area contributed by atoms with Gasteiger partial charge in [-0.05, 0) is 18.2 Å². The van der Waals surface area contributed by atoms with Gasteiger partial charge in [-0.2, -0.15) is 0 Å². The Morgan fingerprint density at radius 3 is 2.61 bits per heavy atom. The predicted molar refractivity (Wildman–Crippen MR) is 72.0 cm³/mol. The number of benzene rings is 1. The summed E-state index contributed by atoms with van der Waals surface area (Å²) in [6, 6.07) is 6.30. The van der Waals surface area contributed by atoms with Crippen LogP contribution >= 0.6 is 27.5 Å². The molecule has 2 rings (SSSR count). The molecular formula is C10H7BrClN3O2S. The van der Waals surface area contributed by atoms with Crippen LogP contribution in [0, 0.1) is 0 Å². The average Bonchev–Trinajstić information content (AvgIpc) is 2.32. The summed E-state index contributed by atoms with van der Waals surface area (Å²) < 4.78 is 27.0. The first-order chi connectivity index (χ1) is 8.49. The lowest BCUT2D eigenvalue weighted by Crippen LogP contribution is -2.14. The minimum Gasteiger partial charge on any atom is -0.261 e. The van der Waals surface area contributed by atoms with Crippen LogP contribution in [0.15, 0.2) is 46.0 Å². The van der Waals surface area contributed by atoms with Gasteiger partial charge in [0.05, 0.1) is 4.90 Å². The number of nitrogens with one attached hydrogen (secondary N) is 1. The second kappa shape index (κ2) is 5.21. The molecule has 0 aliphatic carbocycles. The lowest BCUT2D eigenvalue weighted by Gasteiger charge is -2.07. The number of hydrogen-bond donors (Lipinski definition) is 1. The van der Waals surface area contributed by atoms with Crippen molar-refractivity contribution < 1.29 is 8.42 Å². The first-order valence-electron chi connectivity index (χ1n) is 4.74. The Morgan fingerprint density at radius 2 is 1.94 bits per heavy atom. The van der Waals surface area contributed by atoms with Gasteiger partial charge < -0.3 is 0 Å². The Kier molecular flexibility index (Phi) is 3.84. The second-order valence-electron chi connectivity index (χ2n) is 3.26. The SMILES string of the molecule is O=S(=O)(Nc1nccnc1Cl)c1cccc(Br)c1. The molecular weight excluding hydrogens is 342 g/mol. The van der Waals surface area contributed by atoms with E-state index in [2.05, 4.69) is 30.6 Å². The number of nitrogens with zero attached hydrogens (tertiary/aromatic N) is 2. The van der Waals surface area contributed by atoms with Crippen LogP contribution in [0.4, 0.5) is 5.82 Å². The number of sulfonamides is 1. The van der Waals surface area contributed by atoms with Gasteiger partial charge in [0, 0.05) is 16.9 Å². The van der Waals surface area contributed by atoms with Gasteiger partial charge >= 0.3 is 0 Å². The maximum atomic E-state index is 12.0. The number of aromatic nitrogens is 2. The summed E-state index contributed by atoms with van der Waals surface area (Å²) in [5.41, 5.74) is 0. The first kappa shape index (κ1) is 13.3. The summed E-state index contributed by atoms with van der Waals surface area (Å²) >= 11 is 8.95. The average molecular weight is 349 g/mol. The maximum Gasteiger partial charge on any atom is 0.263 e. The fraction of sp³-hybridized carbons (Fsp3) is 0. The first-order valence-corrected chi connectivity index (χ1v) is 7.39. The van der Waals surface area contributed by atoms with Crippen molar-refractivity contribution >= 4 is 43.4 Å². The highest BCUT2D eigenvalue weighted by atomic mass is 79.9. The molecule has 1 aromatic carbocycles. The Bertz CT molecular complexity index is 678. The lowest BCUT2D eigenvalue weighted by molar-refractivity contribution is 0.601. The third-order valence-corrected chi connectivity index (χ3v) is 4.10. The maximum absolute atomic E-state index is 12.0. The Labute approximate surface area is 117 Å². The number of anilines is 1.